The van der Waals surface area contributed by atoms with Crippen LogP contribution in [0.2, 0.25) is 0 Å². The Balaban J connectivity index is 2.90. The number of nitrogens with zero attached hydrogens (tertiary/aromatic N) is 2. The van der Waals surface area contributed by atoms with Gasteiger partial charge in [-0.2, -0.15) is 10.5 Å². The van der Waals surface area contributed by atoms with Gasteiger partial charge >= 0.3 is 0 Å². The van der Waals surface area contributed by atoms with Gasteiger partial charge in [0.05, 0.1) is 5.56 Å². The van der Waals surface area contributed by atoms with Crippen molar-refractivity contribution in [2.75, 3.05) is 0 Å². The van der Waals surface area contributed by atoms with Gasteiger partial charge in [0, 0.05) is 0 Å². The van der Waals surface area contributed by atoms with E-state index in [2.05, 4.69) is 0 Å². The first kappa shape index (κ1) is 9.09. The van der Waals surface area contributed by atoms with Crippen LogP contribution in [0.3, 0.4) is 0 Å². The molecule has 0 spiro atoms. The molecule has 1 aromatic rings. The molecule has 1 atom stereocenters. The average molecular weight is 172 g/mol. The summed E-state index contributed by atoms with van der Waals surface area (Å²) in [5.41, 5.74) is 0.449. The Bertz CT molecular complexity index is 373. The number of rotatable bonds is 2. The molecule has 0 amide bonds. The molecule has 0 aliphatic heterocycles. The monoisotopic (exact) mass is 172 g/mol. The van der Waals surface area contributed by atoms with Crippen LogP contribution in [0.4, 0.5) is 0 Å². The van der Waals surface area contributed by atoms with Gasteiger partial charge in [-0.1, -0.05) is 12.1 Å². The number of ether oxygens (including phenoxy) is 1. The molecule has 0 aliphatic rings. The van der Waals surface area contributed by atoms with Gasteiger partial charge in [-0.05, 0) is 19.1 Å². The highest BCUT2D eigenvalue weighted by molar-refractivity contribution is 5.42. The highest BCUT2D eigenvalue weighted by Crippen LogP contribution is 2.17. The van der Waals surface area contributed by atoms with Crippen molar-refractivity contribution >= 4 is 0 Å². The van der Waals surface area contributed by atoms with Gasteiger partial charge in [-0.25, -0.2) is 0 Å². The highest BCUT2D eigenvalue weighted by atomic mass is 16.5. The van der Waals surface area contributed by atoms with Crippen molar-refractivity contribution in [2.24, 2.45) is 0 Å². The molecule has 3 nitrogen and oxygen atoms in total. The van der Waals surface area contributed by atoms with Crippen molar-refractivity contribution in [3.8, 4) is 17.9 Å². The van der Waals surface area contributed by atoms with Crippen LogP contribution in [-0.2, 0) is 0 Å². The van der Waals surface area contributed by atoms with Gasteiger partial charge < -0.3 is 4.74 Å². The Labute approximate surface area is 76.8 Å². The van der Waals surface area contributed by atoms with E-state index in [9.17, 15) is 0 Å². The number of para-hydroxylation sites is 1. The van der Waals surface area contributed by atoms with Gasteiger partial charge in [0.25, 0.3) is 0 Å². The predicted molar refractivity (Wildman–Crippen MR) is 46.9 cm³/mol. The quantitative estimate of drug-likeness (QED) is 0.684. The Morgan fingerprint density at radius 2 is 2.00 bits per heavy atom. The summed E-state index contributed by atoms with van der Waals surface area (Å²) >= 11 is 0. The third-order valence-corrected chi connectivity index (χ3v) is 1.49. The fraction of sp³-hybridized carbons (Fsp3) is 0.200. The van der Waals surface area contributed by atoms with E-state index in [-0.39, 0.29) is 0 Å². The van der Waals surface area contributed by atoms with E-state index in [1.165, 1.54) is 0 Å². The topological polar surface area (TPSA) is 56.8 Å². The van der Waals surface area contributed by atoms with Crippen LogP contribution in [0.15, 0.2) is 24.3 Å². The normalized spacial score (nSPS) is 11.0. The van der Waals surface area contributed by atoms with E-state index >= 15 is 0 Å². The molecular weight excluding hydrogens is 164 g/mol. The Kier molecular flexibility index (Phi) is 2.89. The summed E-state index contributed by atoms with van der Waals surface area (Å²) in [4.78, 5) is 0. The van der Waals surface area contributed by atoms with E-state index in [4.69, 9.17) is 15.3 Å². The molecule has 64 valence electrons. The number of hydrogen-bond donors (Lipinski definition) is 0. The van der Waals surface area contributed by atoms with E-state index < -0.39 is 6.10 Å². The molecule has 0 radical (unpaired) electrons. The Morgan fingerprint density at radius 1 is 1.31 bits per heavy atom. The number of hydrogen-bond acceptors (Lipinski definition) is 3. The van der Waals surface area contributed by atoms with Crippen LogP contribution >= 0.6 is 0 Å². The van der Waals surface area contributed by atoms with Gasteiger partial charge in [-0.3, -0.25) is 0 Å². The first-order chi connectivity index (χ1) is 6.27. The molecule has 0 aromatic heterocycles. The predicted octanol–water partition coefficient (Wildman–Crippen LogP) is 1.85. The lowest BCUT2D eigenvalue weighted by Gasteiger charge is -2.07. The smallest absolute Gasteiger partial charge is 0.181 e. The van der Waals surface area contributed by atoms with Gasteiger partial charge in [0.2, 0.25) is 0 Å². The molecule has 0 aliphatic carbocycles. The standard InChI is InChI=1S/C10H8N2O/c1-8(6-11)13-10-5-3-2-4-9(10)7-12/h2-5,8H,1H3. The Morgan fingerprint density at radius 3 is 2.62 bits per heavy atom. The molecule has 0 fully saturated rings. The molecule has 0 heterocycles. The second kappa shape index (κ2) is 4.13. The second-order valence-electron chi connectivity index (χ2n) is 2.50. The lowest BCUT2D eigenvalue weighted by atomic mass is 10.2. The molecule has 0 bridgehead atoms. The summed E-state index contributed by atoms with van der Waals surface area (Å²) in [6.07, 6.45) is -0.533. The summed E-state index contributed by atoms with van der Waals surface area (Å²) in [6.45, 7) is 1.63. The third-order valence-electron chi connectivity index (χ3n) is 1.49. The van der Waals surface area contributed by atoms with Crippen molar-refractivity contribution in [1.82, 2.24) is 0 Å². The minimum atomic E-state index is -0.533. The van der Waals surface area contributed by atoms with Crippen molar-refractivity contribution in [3.63, 3.8) is 0 Å². The SMILES string of the molecule is CC(C#N)Oc1ccccc1C#N. The maximum atomic E-state index is 8.69. The van der Waals surface area contributed by atoms with Crippen molar-refractivity contribution in [2.45, 2.75) is 13.0 Å². The highest BCUT2D eigenvalue weighted by Gasteiger charge is 2.05. The zero-order chi connectivity index (χ0) is 9.68. The minimum absolute atomic E-state index is 0.449. The first-order valence-corrected chi connectivity index (χ1v) is 3.83. The first-order valence-electron chi connectivity index (χ1n) is 3.83. The second-order valence-corrected chi connectivity index (χ2v) is 2.50. The maximum Gasteiger partial charge on any atom is 0.181 e. The van der Waals surface area contributed by atoms with Crippen LogP contribution in [-0.4, -0.2) is 6.10 Å². The summed E-state index contributed by atoms with van der Waals surface area (Å²) in [6, 6.07) is 10.8. The van der Waals surface area contributed by atoms with E-state index in [1.807, 2.05) is 12.1 Å². The lowest BCUT2D eigenvalue weighted by Crippen LogP contribution is -2.08. The minimum Gasteiger partial charge on any atom is -0.474 e. The van der Waals surface area contributed by atoms with Crippen LogP contribution in [0.5, 0.6) is 5.75 Å². The summed E-state index contributed by atoms with van der Waals surface area (Å²) < 4.78 is 5.20. The van der Waals surface area contributed by atoms with E-state index in [1.54, 1.807) is 31.2 Å². The summed E-state index contributed by atoms with van der Waals surface area (Å²) in [5, 5.41) is 17.2. The molecule has 0 N–H and O–H groups in total. The lowest BCUT2D eigenvalue weighted by molar-refractivity contribution is 0.275. The zero-order valence-electron chi connectivity index (χ0n) is 7.19. The molecule has 1 rings (SSSR count). The fourth-order valence-electron chi connectivity index (χ4n) is 0.879. The largest absolute Gasteiger partial charge is 0.474 e. The molecule has 0 saturated carbocycles. The summed E-state index contributed by atoms with van der Waals surface area (Å²) in [7, 11) is 0. The molecular formula is C10H8N2O. The van der Waals surface area contributed by atoms with Gasteiger partial charge in [0.15, 0.2) is 6.10 Å². The third kappa shape index (κ3) is 2.21. The molecule has 3 heteroatoms. The number of benzene rings is 1. The molecule has 0 saturated heterocycles. The van der Waals surface area contributed by atoms with Crippen LogP contribution in [0, 0.1) is 22.7 Å². The Hall–Kier alpha value is -2.00. The molecule has 13 heavy (non-hydrogen) atoms. The molecule has 1 aromatic carbocycles. The van der Waals surface area contributed by atoms with Crippen molar-refractivity contribution in [1.29, 1.82) is 10.5 Å². The fourth-order valence-corrected chi connectivity index (χ4v) is 0.879. The van der Waals surface area contributed by atoms with Crippen LogP contribution in [0.1, 0.15) is 12.5 Å². The maximum absolute atomic E-state index is 8.69. The average Bonchev–Trinajstić information content (AvgIpc) is 2.18. The van der Waals surface area contributed by atoms with E-state index in [0.29, 0.717) is 11.3 Å². The van der Waals surface area contributed by atoms with Crippen molar-refractivity contribution < 1.29 is 4.74 Å². The summed E-state index contributed by atoms with van der Waals surface area (Å²) in [5.74, 6) is 0.457. The zero-order valence-corrected chi connectivity index (χ0v) is 7.19. The van der Waals surface area contributed by atoms with Gasteiger partial charge in [0.1, 0.15) is 17.9 Å². The van der Waals surface area contributed by atoms with E-state index in [0.717, 1.165) is 0 Å². The van der Waals surface area contributed by atoms with Gasteiger partial charge in [-0.15, -0.1) is 0 Å². The molecule has 1 unspecified atom stereocenters. The van der Waals surface area contributed by atoms with Crippen LogP contribution in [0.25, 0.3) is 0 Å². The number of nitriles is 2. The van der Waals surface area contributed by atoms with Crippen LogP contribution < -0.4 is 4.74 Å². The van der Waals surface area contributed by atoms with Crippen molar-refractivity contribution in [3.05, 3.63) is 29.8 Å².